The van der Waals surface area contributed by atoms with Gasteiger partial charge in [0.15, 0.2) is 0 Å². The molecule has 28 heavy (non-hydrogen) atoms. The van der Waals surface area contributed by atoms with Gasteiger partial charge in [-0.25, -0.2) is 4.79 Å². The van der Waals surface area contributed by atoms with Crippen LogP contribution in [0.5, 0.6) is 0 Å². The van der Waals surface area contributed by atoms with Gasteiger partial charge in [-0.2, -0.15) is 24.5 Å². The molecule has 0 spiro atoms. The van der Waals surface area contributed by atoms with Crippen molar-refractivity contribution in [3.05, 3.63) is 16.8 Å². The number of hydrogen-bond acceptors (Lipinski definition) is 5. The lowest BCUT2D eigenvalue weighted by Crippen LogP contribution is -2.35. The molecule has 1 aromatic rings. The monoisotopic (exact) mass is 420 g/mol. The number of aliphatic carboxylic acids is 1. The van der Waals surface area contributed by atoms with Gasteiger partial charge in [0, 0.05) is 50.7 Å². The molecular formula is C18H23F3N2O4S. The Balaban J connectivity index is 0.000000279. The van der Waals surface area contributed by atoms with Crippen LogP contribution in [0, 0.1) is 17.8 Å². The lowest BCUT2D eigenvalue weighted by molar-refractivity contribution is -0.192. The molecule has 1 N–H and O–H groups in total. The van der Waals surface area contributed by atoms with E-state index in [2.05, 4.69) is 16.3 Å². The summed E-state index contributed by atoms with van der Waals surface area (Å²) >= 11 is 1.66. The van der Waals surface area contributed by atoms with Gasteiger partial charge in [-0.15, -0.1) is 0 Å². The molecule has 0 unspecified atom stereocenters. The van der Waals surface area contributed by atoms with Gasteiger partial charge in [-0.05, 0) is 30.2 Å². The number of thiophene rings is 1. The number of carbonyl (C=O) groups is 2. The molecule has 3 aliphatic heterocycles. The van der Waals surface area contributed by atoms with Crippen LogP contribution in [-0.4, -0.2) is 67.5 Å². The number of amides is 1. The van der Waals surface area contributed by atoms with E-state index in [-0.39, 0.29) is 5.92 Å². The van der Waals surface area contributed by atoms with Gasteiger partial charge in [0.2, 0.25) is 5.91 Å². The molecule has 0 saturated carbocycles. The standard InChI is InChI=1S/C16H22N2O2S.C2HF3O2/c19-16-15-10-17(7-12-1-4-20-5-2-12)8-13(15)9-18(16)14-3-6-21-11-14;3-2(4,5)1(6)7/h3,6,11-13,15H,1-2,4-5,7-10H2;(H,6,7)/t13-,15-;/m0./s1. The third kappa shape index (κ3) is 5.03. The van der Waals surface area contributed by atoms with Crippen LogP contribution >= 0.6 is 11.3 Å². The van der Waals surface area contributed by atoms with Crippen molar-refractivity contribution in [2.24, 2.45) is 17.8 Å². The number of carboxylic acids is 1. The van der Waals surface area contributed by atoms with E-state index in [4.69, 9.17) is 14.6 Å². The van der Waals surface area contributed by atoms with Gasteiger partial charge in [-0.1, -0.05) is 0 Å². The number of hydrogen-bond donors (Lipinski definition) is 1. The number of carbonyl (C=O) groups excluding carboxylic acids is 1. The Labute approximate surface area is 164 Å². The number of nitrogens with zero attached hydrogens (tertiary/aromatic N) is 2. The first-order chi connectivity index (χ1) is 13.3. The quantitative estimate of drug-likeness (QED) is 0.814. The maximum absolute atomic E-state index is 12.6. The second-order valence-electron chi connectivity index (χ2n) is 7.37. The number of ether oxygens (including phenoxy) is 1. The number of fused-ring (bicyclic) bond motifs is 1. The number of likely N-dealkylation sites (tertiary alicyclic amines) is 1. The molecule has 0 aromatic carbocycles. The average Bonchev–Trinajstić information content (AvgIpc) is 3.34. The van der Waals surface area contributed by atoms with E-state index < -0.39 is 12.1 Å². The van der Waals surface area contributed by atoms with E-state index in [1.165, 1.54) is 12.8 Å². The Morgan fingerprint density at radius 2 is 1.93 bits per heavy atom. The summed E-state index contributed by atoms with van der Waals surface area (Å²) in [6.07, 6.45) is -2.72. The van der Waals surface area contributed by atoms with Gasteiger partial charge in [-0.3, -0.25) is 4.79 Å². The van der Waals surface area contributed by atoms with Crippen LogP contribution in [-0.2, 0) is 14.3 Å². The largest absolute Gasteiger partial charge is 0.490 e. The van der Waals surface area contributed by atoms with Gasteiger partial charge in [0.25, 0.3) is 0 Å². The van der Waals surface area contributed by atoms with Crippen LogP contribution < -0.4 is 4.90 Å². The zero-order chi connectivity index (χ0) is 20.3. The molecular weight excluding hydrogens is 397 g/mol. The third-order valence-corrected chi connectivity index (χ3v) is 6.11. The maximum Gasteiger partial charge on any atom is 0.490 e. The normalized spacial score (nSPS) is 26.1. The van der Waals surface area contributed by atoms with E-state index in [1.54, 1.807) is 11.3 Å². The zero-order valence-electron chi connectivity index (χ0n) is 15.2. The minimum atomic E-state index is -5.08. The predicted octanol–water partition coefficient (Wildman–Crippen LogP) is 2.70. The first kappa shape index (κ1) is 21.1. The van der Waals surface area contributed by atoms with Crippen molar-refractivity contribution < 1.29 is 32.6 Å². The van der Waals surface area contributed by atoms with Crippen LogP contribution in [0.4, 0.5) is 18.9 Å². The first-order valence-corrected chi connectivity index (χ1v) is 10.1. The van der Waals surface area contributed by atoms with E-state index in [0.717, 1.165) is 51.0 Å². The van der Waals surface area contributed by atoms with Crippen LogP contribution in [0.3, 0.4) is 0 Å². The molecule has 6 nitrogen and oxygen atoms in total. The van der Waals surface area contributed by atoms with E-state index >= 15 is 0 Å². The summed E-state index contributed by atoms with van der Waals surface area (Å²) in [6, 6.07) is 2.06. The molecule has 4 rings (SSSR count). The summed E-state index contributed by atoms with van der Waals surface area (Å²) in [5, 5.41) is 11.3. The number of anilines is 1. The van der Waals surface area contributed by atoms with Crippen molar-refractivity contribution in [1.82, 2.24) is 4.90 Å². The predicted molar refractivity (Wildman–Crippen MR) is 97.3 cm³/mol. The Kier molecular flexibility index (Phi) is 6.61. The Morgan fingerprint density at radius 1 is 1.25 bits per heavy atom. The summed E-state index contributed by atoms with van der Waals surface area (Å²) in [6.45, 7) is 5.94. The van der Waals surface area contributed by atoms with Crippen LogP contribution in [0.1, 0.15) is 12.8 Å². The highest BCUT2D eigenvalue weighted by Gasteiger charge is 2.46. The topological polar surface area (TPSA) is 70.1 Å². The zero-order valence-corrected chi connectivity index (χ0v) is 16.0. The van der Waals surface area contributed by atoms with Crippen molar-refractivity contribution in [3.63, 3.8) is 0 Å². The molecule has 10 heteroatoms. The molecule has 0 radical (unpaired) electrons. The minimum Gasteiger partial charge on any atom is -0.475 e. The van der Waals surface area contributed by atoms with Crippen molar-refractivity contribution in [2.75, 3.05) is 44.3 Å². The molecule has 1 aromatic heterocycles. The molecule has 3 saturated heterocycles. The minimum absolute atomic E-state index is 0.227. The average molecular weight is 420 g/mol. The van der Waals surface area contributed by atoms with Gasteiger partial charge < -0.3 is 19.6 Å². The summed E-state index contributed by atoms with van der Waals surface area (Å²) in [4.78, 5) is 26.0. The molecule has 2 atom stereocenters. The lowest BCUT2D eigenvalue weighted by atomic mass is 10.00. The highest BCUT2D eigenvalue weighted by Crippen LogP contribution is 2.36. The summed E-state index contributed by atoms with van der Waals surface area (Å²) in [5.74, 6) is -0.900. The van der Waals surface area contributed by atoms with Gasteiger partial charge in [0.1, 0.15) is 0 Å². The fourth-order valence-electron chi connectivity index (χ4n) is 4.04. The molecule has 3 fully saturated rings. The van der Waals surface area contributed by atoms with Crippen LogP contribution in [0.2, 0.25) is 0 Å². The van der Waals surface area contributed by atoms with E-state index in [0.29, 0.717) is 11.8 Å². The second kappa shape index (κ2) is 8.79. The Bertz CT molecular complexity index is 677. The molecule has 0 bridgehead atoms. The van der Waals surface area contributed by atoms with Crippen molar-refractivity contribution in [1.29, 1.82) is 0 Å². The number of carboxylic acid groups (broad SMARTS) is 1. The summed E-state index contributed by atoms with van der Waals surface area (Å²) in [5.41, 5.74) is 1.09. The second-order valence-corrected chi connectivity index (χ2v) is 8.15. The van der Waals surface area contributed by atoms with Crippen molar-refractivity contribution in [2.45, 2.75) is 19.0 Å². The van der Waals surface area contributed by atoms with Gasteiger partial charge >= 0.3 is 12.1 Å². The summed E-state index contributed by atoms with van der Waals surface area (Å²) in [7, 11) is 0. The third-order valence-electron chi connectivity index (χ3n) is 5.43. The maximum atomic E-state index is 12.6. The van der Waals surface area contributed by atoms with Crippen molar-refractivity contribution >= 4 is 28.9 Å². The lowest BCUT2D eigenvalue weighted by Gasteiger charge is -2.28. The number of halogens is 3. The fourth-order valence-corrected chi connectivity index (χ4v) is 4.68. The summed E-state index contributed by atoms with van der Waals surface area (Å²) < 4.78 is 37.2. The Morgan fingerprint density at radius 3 is 2.46 bits per heavy atom. The number of alkyl halides is 3. The van der Waals surface area contributed by atoms with E-state index in [1.807, 2.05) is 10.3 Å². The molecule has 3 aliphatic rings. The van der Waals surface area contributed by atoms with Crippen molar-refractivity contribution in [3.8, 4) is 0 Å². The molecule has 1 amide bonds. The highest BCUT2D eigenvalue weighted by atomic mass is 32.1. The smallest absolute Gasteiger partial charge is 0.475 e. The van der Waals surface area contributed by atoms with Gasteiger partial charge in [0.05, 0.1) is 11.6 Å². The van der Waals surface area contributed by atoms with E-state index in [9.17, 15) is 18.0 Å². The SMILES string of the molecule is O=C(O)C(F)(F)F.O=C1[C@H]2CN(CC3CCOCC3)C[C@H]2CN1c1ccsc1. The van der Waals surface area contributed by atoms with Crippen LogP contribution in [0.15, 0.2) is 16.8 Å². The Hall–Kier alpha value is -1.65. The molecule has 4 heterocycles. The first-order valence-electron chi connectivity index (χ1n) is 9.19. The number of rotatable bonds is 3. The fraction of sp³-hybridized carbons (Fsp3) is 0.667. The highest BCUT2D eigenvalue weighted by molar-refractivity contribution is 7.08. The molecule has 156 valence electrons. The molecule has 0 aliphatic carbocycles. The van der Waals surface area contributed by atoms with Crippen LogP contribution in [0.25, 0.3) is 0 Å².